The molecule has 0 atom stereocenters. The van der Waals surface area contributed by atoms with Crippen LogP contribution in [-0.4, -0.2) is 36.7 Å². The van der Waals surface area contributed by atoms with Gasteiger partial charge in [0.05, 0.1) is 13.3 Å². The quantitative estimate of drug-likeness (QED) is 0.432. The second-order valence-corrected chi connectivity index (χ2v) is 6.48. The van der Waals surface area contributed by atoms with Crippen molar-refractivity contribution in [3.8, 4) is 11.5 Å². The molecule has 0 aliphatic carbocycles. The summed E-state index contributed by atoms with van der Waals surface area (Å²) >= 11 is 0. The number of carbonyl (C=O) groups is 2. The molecule has 8 nitrogen and oxygen atoms in total. The molecule has 31 heavy (non-hydrogen) atoms. The largest absolute Gasteiger partial charge is 0.493 e. The lowest BCUT2D eigenvalue weighted by Crippen LogP contribution is -2.20. The van der Waals surface area contributed by atoms with Crippen molar-refractivity contribution in [2.45, 2.75) is 6.92 Å². The molecule has 2 aromatic carbocycles. The number of hydrogen-bond acceptors (Lipinski definition) is 6. The van der Waals surface area contributed by atoms with Gasteiger partial charge in [0, 0.05) is 11.9 Å². The van der Waals surface area contributed by atoms with Gasteiger partial charge < -0.3 is 14.8 Å². The Morgan fingerprint density at radius 2 is 1.87 bits per heavy atom. The zero-order chi connectivity index (χ0) is 22.1. The normalized spacial score (nSPS) is 10.5. The first-order chi connectivity index (χ1) is 15.1. The number of carbonyl (C=O) groups excluding carboxylic acids is 2. The number of nitrogens with one attached hydrogen (secondary N) is 2. The highest BCUT2D eigenvalue weighted by Crippen LogP contribution is 2.27. The molecule has 0 radical (unpaired) electrons. The lowest BCUT2D eigenvalue weighted by Gasteiger charge is -2.12. The summed E-state index contributed by atoms with van der Waals surface area (Å²) < 4.78 is 10.9. The van der Waals surface area contributed by atoms with Crippen molar-refractivity contribution in [2.24, 2.45) is 5.10 Å². The van der Waals surface area contributed by atoms with Gasteiger partial charge in [0.2, 0.25) is 0 Å². The smallest absolute Gasteiger partial charge is 0.289 e. The molecule has 0 bridgehead atoms. The first-order valence-corrected chi connectivity index (χ1v) is 9.47. The molecule has 0 aliphatic rings. The molecular formula is C23H22N4O4. The number of ether oxygens (including phenoxy) is 2. The molecule has 0 spiro atoms. The first-order valence-electron chi connectivity index (χ1n) is 9.47. The van der Waals surface area contributed by atoms with E-state index in [2.05, 4.69) is 20.8 Å². The van der Waals surface area contributed by atoms with Gasteiger partial charge in [0.25, 0.3) is 11.8 Å². The van der Waals surface area contributed by atoms with Crippen LogP contribution in [0.15, 0.2) is 72.0 Å². The number of pyridine rings is 1. The Kier molecular flexibility index (Phi) is 7.31. The minimum Gasteiger partial charge on any atom is -0.493 e. The summed E-state index contributed by atoms with van der Waals surface area (Å²) in [6.07, 6.45) is 3.00. The molecule has 2 amide bonds. The van der Waals surface area contributed by atoms with Crippen LogP contribution in [-0.2, 0) is 4.79 Å². The van der Waals surface area contributed by atoms with Crippen LogP contribution in [0, 0.1) is 6.92 Å². The van der Waals surface area contributed by atoms with Crippen LogP contribution in [0.2, 0.25) is 0 Å². The number of rotatable bonds is 8. The maximum Gasteiger partial charge on any atom is 0.289 e. The standard InChI is InChI=1S/C23H22N4O4/c1-16-7-3-4-8-18(16)26-22(28)15-31-20-11-10-17(13-21(20)30-2)14-25-27-23(29)19-9-5-6-12-24-19/h3-14H,15H2,1-2H3,(H,26,28)(H,27,29)/b25-14-. The van der Waals surface area contributed by atoms with Crippen LogP contribution in [0.4, 0.5) is 5.69 Å². The molecule has 3 aromatic rings. The highest BCUT2D eigenvalue weighted by molar-refractivity contribution is 5.93. The van der Waals surface area contributed by atoms with E-state index >= 15 is 0 Å². The van der Waals surface area contributed by atoms with E-state index in [-0.39, 0.29) is 18.2 Å². The molecule has 1 heterocycles. The first kappa shape index (κ1) is 21.5. The zero-order valence-corrected chi connectivity index (χ0v) is 17.2. The third-order valence-electron chi connectivity index (χ3n) is 4.24. The van der Waals surface area contributed by atoms with Crippen LogP contribution >= 0.6 is 0 Å². The number of nitrogens with zero attached hydrogens (tertiary/aromatic N) is 2. The van der Waals surface area contributed by atoms with E-state index in [1.807, 2.05) is 31.2 Å². The van der Waals surface area contributed by atoms with Gasteiger partial charge in [0.15, 0.2) is 18.1 Å². The Bertz CT molecular complexity index is 1080. The number of benzene rings is 2. The van der Waals surface area contributed by atoms with Crippen molar-refractivity contribution in [3.05, 3.63) is 83.7 Å². The number of anilines is 1. The van der Waals surface area contributed by atoms with Gasteiger partial charge >= 0.3 is 0 Å². The molecule has 1 aromatic heterocycles. The van der Waals surface area contributed by atoms with E-state index in [9.17, 15) is 9.59 Å². The average molecular weight is 418 g/mol. The van der Waals surface area contributed by atoms with Crippen molar-refractivity contribution in [1.29, 1.82) is 0 Å². The van der Waals surface area contributed by atoms with Gasteiger partial charge in [-0.1, -0.05) is 24.3 Å². The number of aromatic nitrogens is 1. The van der Waals surface area contributed by atoms with Crippen molar-refractivity contribution >= 4 is 23.7 Å². The fourth-order valence-corrected chi connectivity index (χ4v) is 2.65. The molecule has 3 rings (SSSR count). The van der Waals surface area contributed by atoms with Crippen LogP contribution in [0.3, 0.4) is 0 Å². The summed E-state index contributed by atoms with van der Waals surface area (Å²) in [6, 6.07) is 17.6. The molecule has 8 heteroatoms. The fourth-order valence-electron chi connectivity index (χ4n) is 2.65. The van der Waals surface area contributed by atoms with Crippen LogP contribution in [0.25, 0.3) is 0 Å². The predicted molar refractivity (Wildman–Crippen MR) is 118 cm³/mol. The maximum absolute atomic E-state index is 12.2. The second-order valence-electron chi connectivity index (χ2n) is 6.48. The van der Waals surface area contributed by atoms with Crippen LogP contribution in [0.1, 0.15) is 21.6 Å². The Labute approximate surface area is 179 Å². The summed E-state index contributed by atoms with van der Waals surface area (Å²) in [6.45, 7) is 1.75. The van der Waals surface area contributed by atoms with Crippen LogP contribution < -0.4 is 20.2 Å². The minimum atomic E-state index is -0.413. The summed E-state index contributed by atoms with van der Waals surface area (Å²) in [7, 11) is 1.50. The zero-order valence-electron chi connectivity index (χ0n) is 17.2. The molecule has 0 unspecified atom stereocenters. The fraction of sp³-hybridized carbons (Fsp3) is 0.130. The van der Waals surface area contributed by atoms with Crippen molar-refractivity contribution in [1.82, 2.24) is 10.4 Å². The van der Waals surface area contributed by atoms with E-state index < -0.39 is 5.91 Å². The monoisotopic (exact) mass is 418 g/mol. The number of methoxy groups -OCH3 is 1. The summed E-state index contributed by atoms with van der Waals surface area (Å²) in [5, 5.41) is 6.74. The SMILES string of the molecule is COc1cc(/C=N\NC(=O)c2ccccn2)ccc1OCC(=O)Nc1ccccc1C. The summed E-state index contributed by atoms with van der Waals surface area (Å²) in [5.41, 5.74) is 5.06. The van der Waals surface area contributed by atoms with E-state index in [4.69, 9.17) is 9.47 Å². The van der Waals surface area contributed by atoms with Crippen molar-refractivity contribution < 1.29 is 19.1 Å². The van der Waals surface area contributed by atoms with Gasteiger partial charge in [-0.05, 0) is 54.4 Å². The highest BCUT2D eigenvalue weighted by Gasteiger charge is 2.10. The number of aryl methyl sites for hydroxylation is 1. The number of hydrazone groups is 1. The van der Waals surface area contributed by atoms with Crippen molar-refractivity contribution in [2.75, 3.05) is 19.0 Å². The molecular weight excluding hydrogens is 396 g/mol. The van der Waals surface area contributed by atoms with Gasteiger partial charge in [0.1, 0.15) is 5.69 Å². The Morgan fingerprint density at radius 1 is 1.06 bits per heavy atom. The lowest BCUT2D eigenvalue weighted by molar-refractivity contribution is -0.118. The van der Waals surface area contributed by atoms with E-state index in [1.54, 1.807) is 36.4 Å². The third-order valence-corrected chi connectivity index (χ3v) is 4.24. The van der Waals surface area contributed by atoms with Gasteiger partial charge in [-0.15, -0.1) is 0 Å². The Morgan fingerprint density at radius 3 is 2.61 bits per heavy atom. The summed E-state index contributed by atoms with van der Waals surface area (Å²) in [4.78, 5) is 28.1. The van der Waals surface area contributed by atoms with E-state index in [0.717, 1.165) is 11.3 Å². The topological polar surface area (TPSA) is 102 Å². The third kappa shape index (κ3) is 6.14. The molecule has 0 aliphatic heterocycles. The van der Waals surface area contributed by atoms with Gasteiger partial charge in [-0.2, -0.15) is 5.10 Å². The minimum absolute atomic E-state index is 0.168. The number of amides is 2. The molecule has 2 N–H and O–H groups in total. The van der Waals surface area contributed by atoms with Crippen LogP contribution in [0.5, 0.6) is 11.5 Å². The average Bonchev–Trinajstić information content (AvgIpc) is 2.80. The van der Waals surface area contributed by atoms with E-state index in [1.165, 1.54) is 19.5 Å². The molecule has 0 fully saturated rings. The highest BCUT2D eigenvalue weighted by atomic mass is 16.5. The number of para-hydroxylation sites is 1. The lowest BCUT2D eigenvalue weighted by atomic mass is 10.2. The Balaban J connectivity index is 1.57. The predicted octanol–water partition coefficient (Wildman–Crippen LogP) is 3.18. The molecule has 0 saturated heterocycles. The molecule has 0 saturated carbocycles. The number of hydrogen-bond donors (Lipinski definition) is 2. The summed E-state index contributed by atoms with van der Waals surface area (Å²) in [5.74, 6) is 0.156. The Hall–Kier alpha value is -4.20. The molecule has 158 valence electrons. The van der Waals surface area contributed by atoms with Gasteiger partial charge in [-0.3, -0.25) is 14.6 Å². The van der Waals surface area contributed by atoms with Crippen molar-refractivity contribution in [3.63, 3.8) is 0 Å². The van der Waals surface area contributed by atoms with Gasteiger partial charge in [-0.25, -0.2) is 5.43 Å². The second kappa shape index (κ2) is 10.5. The van der Waals surface area contributed by atoms with E-state index in [0.29, 0.717) is 17.1 Å². The maximum atomic E-state index is 12.2.